The molecule has 4 nitrogen and oxygen atoms in total. The van der Waals surface area contributed by atoms with Crippen LogP contribution in [-0.2, 0) is 14.3 Å². The van der Waals surface area contributed by atoms with E-state index in [2.05, 4.69) is 6.92 Å². The van der Waals surface area contributed by atoms with Crippen molar-refractivity contribution in [2.45, 2.75) is 84.0 Å². The third kappa shape index (κ3) is 19.9. The Hall–Kier alpha value is -0.0600. The molecule has 0 bridgehead atoms. The molecule has 21 heavy (non-hydrogen) atoms. The van der Waals surface area contributed by atoms with E-state index in [1.807, 2.05) is 0 Å². The zero-order chi connectivity index (χ0) is 15.1. The molecule has 1 N–H and O–H groups in total. The molecule has 0 aromatic heterocycles. The fourth-order valence-electron chi connectivity index (χ4n) is 2.06. The van der Waals surface area contributed by atoms with Crippen molar-refractivity contribution in [2.24, 2.45) is 0 Å². The molecule has 0 saturated carbocycles. The van der Waals surface area contributed by atoms with E-state index in [0.717, 1.165) is 12.8 Å². The quantitative estimate of drug-likeness (QED) is 0.302. The van der Waals surface area contributed by atoms with Crippen LogP contribution in [-0.4, -0.2) is 53.2 Å². The van der Waals surface area contributed by atoms with Crippen LogP contribution in [0.3, 0.4) is 0 Å². The van der Waals surface area contributed by atoms with E-state index in [-0.39, 0.29) is 42.4 Å². The summed E-state index contributed by atoms with van der Waals surface area (Å²) in [5.74, 6) is -1.36. The fraction of sp³-hybridized carbons (Fsp3) is 0.875. The number of rotatable bonds is 14. The van der Waals surface area contributed by atoms with Crippen molar-refractivity contribution in [1.82, 2.24) is 0 Å². The molecule has 0 fully saturated rings. The van der Waals surface area contributed by atoms with Crippen LogP contribution < -0.4 is 0 Å². The Balaban J connectivity index is 0. The number of carboxylic acid groups (broad SMARTS) is 1. The number of unbranched alkanes of at least 4 members (excludes halogenated alkanes) is 9. The molecule has 0 aliphatic rings. The zero-order valence-corrected chi connectivity index (χ0v) is 12.9. The average Bonchev–Trinajstić information content (AvgIpc) is 2.42. The topological polar surface area (TPSA) is 63.6 Å². The van der Waals surface area contributed by atoms with Crippen molar-refractivity contribution in [3.63, 3.8) is 0 Å². The summed E-state index contributed by atoms with van der Waals surface area (Å²) in [5.41, 5.74) is 0. The third-order valence-corrected chi connectivity index (χ3v) is 3.30. The number of carbonyl (C=O) groups excluding carboxylic acids is 1. The van der Waals surface area contributed by atoms with Gasteiger partial charge in [-0.25, -0.2) is 0 Å². The maximum absolute atomic E-state index is 11.1. The molecule has 0 rings (SSSR count). The summed E-state index contributed by atoms with van der Waals surface area (Å²) in [6.07, 6.45) is 12.3. The first-order chi connectivity index (χ1) is 9.66. The van der Waals surface area contributed by atoms with Crippen LogP contribution in [0, 0.1) is 0 Å². The van der Waals surface area contributed by atoms with Gasteiger partial charge in [-0.3, -0.25) is 9.59 Å². The Bertz CT molecular complexity index is 257. The number of carboxylic acids is 1. The van der Waals surface area contributed by atoms with Crippen LogP contribution in [0.1, 0.15) is 84.0 Å². The van der Waals surface area contributed by atoms with Gasteiger partial charge in [0, 0.05) is 0 Å². The first kappa shape index (κ1) is 23.2. The monoisotopic (exact) mass is 310 g/mol. The molecule has 0 aromatic carbocycles. The molecule has 0 radical (unpaired) electrons. The van der Waals surface area contributed by atoms with E-state index in [1.165, 1.54) is 51.4 Å². The predicted octanol–water partition coefficient (Wildman–Crippen LogP) is 3.67. The molecular weight excluding hydrogens is 279 g/mol. The van der Waals surface area contributed by atoms with E-state index < -0.39 is 11.9 Å². The summed E-state index contributed by atoms with van der Waals surface area (Å²) < 4.78 is 4.96. The molecule has 0 heterocycles. The van der Waals surface area contributed by atoms with Crippen molar-refractivity contribution in [3.8, 4) is 0 Å². The second kappa shape index (κ2) is 18.0. The van der Waals surface area contributed by atoms with Gasteiger partial charge in [0.25, 0.3) is 0 Å². The van der Waals surface area contributed by atoms with Gasteiger partial charge in [0.15, 0.2) is 0 Å². The molecule has 120 valence electrons. The maximum atomic E-state index is 11.1. The van der Waals surface area contributed by atoms with Gasteiger partial charge in [0.2, 0.25) is 0 Å². The number of hydrogen-bond donors (Lipinski definition) is 1. The van der Waals surface area contributed by atoms with Crippen LogP contribution in [0.4, 0.5) is 0 Å². The standard InChI is InChI=1S/C16H30O4.Na.H/c1-2-3-4-5-6-7-8-9-10-11-14-20-16(19)13-12-15(17)18;;/h2-14H2,1H3,(H,17,18);;. The van der Waals surface area contributed by atoms with Crippen molar-refractivity contribution < 1.29 is 19.4 Å². The van der Waals surface area contributed by atoms with E-state index in [1.54, 1.807) is 0 Å². The summed E-state index contributed by atoms with van der Waals surface area (Å²) in [7, 11) is 0. The average molecular weight is 310 g/mol. The second-order valence-electron chi connectivity index (χ2n) is 5.30. The van der Waals surface area contributed by atoms with Crippen molar-refractivity contribution in [1.29, 1.82) is 0 Å². The molecule has 5 heteroatoms. The molecule has 0 saturated heterocycles. The molecular formula is C16H31NaO4. The van der Waals surface area contributed by atoms with Gasteiger partial charge in [-0.15, -0.1) is 0 Å². The van der Waals surface area contributed by atoms with E-state index in [0.29, 0.717) is 6.61 Å². The zero-order valence-electron chi connectivity index (χ0n) is 12.9. The number of carbonyl (C=O) groups is 2. The number of esters is 1. The van der Waals surface area contributed by atoms with Crippen LogP contribution in [0.2, 0.25) is 0 Å². The molecule has 0 aromatic rings. The SMILES string of the molecule is CCCCCCCCCCCCOC(=O)CCC(=O)O.[NaH]. The molecule has 0 aliphatic heterocycles. The van der Waals surface area contributed by atoms with Gasteiger partial charge in [0.1, 0.15) is 0 Å². The van der Waals surface area contributed by atoms with E-state index in [4.69, 9.17) is 9.84 Å². The molecule has 0 amide bonds. The van der Waals surface area contributed by atoms with Gasteiger partial charge in [-0.1, -0.05) is 64.7 Å². The van der Waals surface area contributed by atoms with Crippen LogP contribution in [0.15, 0.2) is 0 Å². The summed E-state index contributed by atoms with van der Waals surface area (Å²) in [6, 6.07) is 0. The normalized spacial score (nSPS) is 9.95. The van der Waals surface area contributed by atoms with Gasteiger partial charge < -0.3 is 9.84 Å². The van der Waals surface area contributed by atoms with Gasteiger partial charge in [0.05, 0.1) is 19.4 Å². The Morgan fingerprint density at radius 3 is 1.76 bits per heavy atom. The number of ether oxygens (including phenoxy) is 1. The minimum atomic E-state index is -0.958. The van der Waals surface area contributed by atoms with Gasteiger partial charge >= 0.3 is 41.5 Å². The van der Waals surface area contributed by atoms with Crippen molar-refractivity contribution in [3.05, 3.63) is 0 Å². The van der Waals surface area contributed by atoms with Gasteiger partial charge in [-0.2, -0.15) is 0 Å². The second-order valence-corrected chi connectivity index (χ2v) is 5.30. The van der Waals surface area contributed by atoms with E-state index in [9.17, 15) is 9.59 Å². The van der Waals surface area contributed by atoms with Gasteiger partial charge in [-0.05, 0) is 6.42 Å². The van der Waals surface area contributed by atoms with Crippen LogP contribution >= 0.6 is 0 Å². The Kier molecular flexibility index (Phi) is 19.9. The fourth-order valence-corrected chi connectivity index (χ4v) is 2.06. The van der Waals surface area contributed by atoms with Crippen molar-refractivity contribution in [2.75, 3.05) is 6.61 Å². The predicted molar refractivity (Wildman–Crippen MR) is 86.8 cm³/mol. The molecule has 0 spiro atoms. The summed E-state index contributed by atoms with van der Waals surface area (Å²) in [4.78, 5) is 21.4. The molecule has 0 unspecified atom stereocenters. The van der Waals surface area contributed by atoms with Crippen LogP contribution in [0.25, 0.3) is 0 Å². The first-order valence-corrected chi connectivity index (χ1v) is 8.04. The summed E-state index contributed by atoms with van der Waals surface area (Å²) in [5, 5.41) is 8.41. The van der Waals surface area contributed by atoms with Crippen LogP contribution in [0.5, 0.6) is 0 Å². The number of hydrogen-bond acceptors (Lipinski definition) is 3. The molecule has 0 aliphatic carbocycles. The number of aliphatic carboxylic acids is 1. The van der Waals surface area contributed by atoms with E-state index >= 15 is 0 Å². The minimum absolute atomic E-state index is 0. The third-order valence-electron chi connectivity index (χ3n) is 3.30. The summed E-state index contributed by atoms with van der Waals surface area (Å²) >= 11 is 0. The Morgan fingerprint density at radius 2 is 1.29 bits per heavy atom. The first-order valence-electron chi connectivity index (χ1n) is 8.04. The summed E-state index contributed by atoms with van der Waals surface area (Å²) in [6.45, 7) is 2.66. The van der Waals surface area contributed by atoms with Crippen molar-refractivity contribution >= 4 is 41.5 Å². The Morgan fingerprint density at radius 1 is 0.810 bits per heavy atom. The Labute approximate surface area is 151 Å². The molecule has 0 atom stereocenters.